The minimum Gasteiger partial charge on any atom is -0.458 e. The van der Waals surface area contributed by atoms with Crippen molar-refractivity contribution in [1.82, 2.24) is 0 Å². The van der Waals surface area contributed by atoms with E-state index in [1.807, 2.05) is 0 Å². The normalized spacial score (nSPS) is 33.0. The van der Waals surface area contributed by atoms with Crippen LogP contribution in [-0.4, -0.2) is 48.1 Å². The summed E-state index contributed by atoms with van der Waals surface area (Å²) >= 11 is 0. The van der Waals surface area contributed by atoms with Gasteiger partial charge in [-0.2, -0.15) is 0 Å². The predicted octanol–water partition coefficient (Wildman–Crippen LogP) is 23.6. The van der Waals surface area contributed by atoms with Crippen LogP contribution in [0.5, 0.6) is 0 Å². The molecule has 0 spiro atoms. The van der Waals surface area contributed by atoms with Gasteiger partial charge in [0.2, 0.25) is 0 Å². The summed E-state index contributed by atoms with van der Waals surface area (Å²) in [7, 11) is 0. The van der Waals surface area contributed by atoms with Crippen molar-refractivity contribution in [3.8, 4) is 47.4 Å². The van der Waals surface area contributed by atoms with E-state index in [0.29, 0.717) is 11.8 Å². The van der Waals surface area contributed by atoms with Crippen molar-refractivity contribution >= 4 is 11.9 Å². The lowest BCUT2D eigenvalue weighted by molar-refractivity contribution is -0.151. The third kappa shape index (κ3) is 23.5. The molecule has 0 heterocycles. The molecule has 0 saturated heterocycles. The number of unbranched alkanes of at least 4 members (excludes halogenated alkanes) is 5. The van der Waals surface area contributed by atoms with Gasteiger partial charge in [0.1, 0.15) is 17.3 Å². The van der Waals surface area contributed by atoms with E-state index in [9.17, 15) is 9.59 Å². The van der Waals surface area contributed by atoms with Gasteiger partial charge in [-0.15, -0.1) is 0 Å². The van der Waals surface area contributed by atoms with Gasteiger partial charge in [-0.3, -0.25) is 0 Å². The van der Waals surface area contributed by atoms with Crippen molar-refractivity contribution in [3.05, 3.63) is 96.1 Å². The third-order valence-corrected chi connectivity index (χ3v) is 27.0. The average Bonchev–Trinajstić information content (AvgIpc) is 0.828. The van der Waals surface area contributed by atoms with E-state index in [4.69, 9.17) is 18.9 Å². The molecule has 546 valence electrons. The molecule has 8 aliphatic rings. The summed E-state index contributed by atoms with van der Waals surface area (Å²) in [6.45, 7) is 18.3. The standard InChI is InChI=1S/C94H134O6/c1-7-19-72-31-40-80(41-32-72)84-54-63-92(64-55-84,60-51-77-25-23-76(24-26-77)39-48-88-71-87(49-50-89(88)99-90(95)11-5)83-46-37-75(22-10-4)38-47-83)97-69-17-15-13-14-16-18-70-98-93(65-56-85(57-66-93)81-42-33-73(20-8-2)34-43-81)61-52-78-27-29-79(30-28-78)53-62-94(100-91(96)12-6)67-58-86(59-68-94)82-44-35-74(21-9-3)36-45-82/h11-12,23-30,72-75,80-89H,5-10,13-22,31-38,40-47,49-50,54-59,63-71H2,1-4H3. The highest BCUT2D eigenvalue weighted by Gasteiger charge is 2.43. The molecule has 6 nitrogen and oxygen atoms in total. The molecule has 0 bridgehead atoms. The minimum absolute atomic E-state index is 0.0294. The first-order valence-electron chi connectivity index (χ1n) is 42.2. The highest BCUT2D eigenvalue weighted by atomic mass is 16.6. The second-order valence-electron chi connectivity index (χ2n) is 33.7. The average molecular weight is 1360 g/mol. The van der Waals surface area contributed by atoms with Crippen LogP contribution in [0.2, 0.25) is 0 Å². The lowest BCUT2D eigenvalue weighted by Gasteiger charge is -2.41. The van der Waals surface area contributed by atoms with E-state index < -0.39 is 16.8 Å². The van der Waals surface area contributed by atoms with Crippen molar-refractivity contribution in [1.29, 1.82) is 0 Å². The maximum absolute atomic E-state index is 12.7. The van der Waals surface area contributed by atoms with Crippen LogP contribution in [0.15, 0.2) is 73.8 Å². The lowest BCUT2D eigenvalue weighted by atomic mass is 9.67. The first kappa shape index (κ1) is 77.6. The molecule has 8 fully saturated rings. The summed E-state index contributed by atoms with van der Waals surface area (Å²) in [5, 5.41) is 0. The van der Waals surface area contributed by atoms with Crippen molar-refractivity contribution in [3.63, 3.8) is 0 Å². The summed E-state index contributed by atoms with van der Waals surface area (Å²) in [5.74, 6) is 38.2. The molecule has 3 unspecified atom stereocenters. The zero-order valence-corrected chi connectivity index (χ0v) is 63.5. The molecule has 0 aromatic heterocycles. The first-order valence-corrected chi connectivity index (χ1v) is 42.2. The molecule has 0 radical (unpaired) electrons. The summed E-state index contributed by atoms with van der Waals surface area (Å²) in [4.78, 5) is 25.2. The highest BCUT2D eigenvalue weighted by molar-refractivity contribution is 5.82. The largest absolute Gasteiger partial charge is 0.458 e. The molecule has 2 aromatic rings. The topological polar surface area (TPSA) is 71.1 Å². The van der Waals surface area contributed by atoms with Crippen molar-refractivity contribution in [2.24, 2.45) is 76.9 Å². The Labute approximate surface area is 610 Å². The number of carbonyl (C=O) groups excluding carboxylic acids is 2. The molecule has 10 rings (SSSR count). The van der Waals surface area contributed by atoms with Crippen molar-refractivity contribution in [2.45, 2.75) is 340 Å². The monoisotopic (exact) mass is 1360 g/mol. The van der Waals surface area contributed by atoms with Crippen LogP contribution in [0, 0.1) is 124 Å². The van der Waals surface area contributed by atoms with Crippen LogP contribution in [0.25, 0.3) is 0 Å². The zero-order chi connectivity index (χ0) is 69.8. The van der Waals surface area contributed by atoms with E-state index >= 15 is 0 Å². The lowest BCUT2D eigenvalue weighted by Crippen LogP contribution is -2.39. The van der Waals surface area contributed by atoms with E-state index in [2.05, 4.69) is 137 Å². The number of hydrogen-bond donors (Lipinski definition) is 0. The molecule has 0 amide bonds. The number of carbonyl (C=O) groups is 2. The van der Waals surface area contributed by atoms with E-state index in [1.54, 1.807) is 0 Å². The molecule has 0 N–H and O–H groups in total. The zero-order valence-electron chi connectivity index (χ0n) is 63.5. The van der Waals surface area contributed by atoms with Crippen LogP contribution >= 0.6 is 0 Å². The quantitative estimate of drug-likeness (QED) is 0.0384. The summed E-state index contributed by atoms with van der Waals surface area (Å²) < 4.78 is 26.2. The van der Waals surface area contributed by atoms with Crippen LogP contribution < -0.4 is 0 Å². The Hall–Kier alpha value is -4.98. The summed E-state index contributed by atoms with van der Waals surface area (Å²) in [6.07, 6.45) is 57.8. The van der Waals surface area contributed by atoms with Gasteiger partial charge in [0.25, 0.3) is 0 Å². The molecule has 8 saturated carbocycles. The van der Waals surface area contributed by atoms with Crippen LogP contribution in [0.4, 0.5) is 0 Å². The van der Waals surface area contributed by atoms with E-state index in [1.165, 1.54) is 218 Å². The van der Waals surface area contributed by atoms with Gasteiger partial charge in [0.15, 0.2) is 5.60 Å². The Kier molecular flexibility index (Phi) is 31.3. The molecular formula is C94H134O6. The molecule has 0 aliphatic heterocycles. The molecule has 8 aliphatic carbocycles. The Morgan fingerprint density at radius 2 is 0.680 bits per heavy atom. The summed E-state index contributed by atoms with van der Waals surface area (Å²) in [6, 6.07) is 17.0. The first-order chi connectivity index (χ1) is 48.9. The Balaban J connectivity index is 0.715. The number of ether oxygens (including phenoxy) is 4. The highest BCUT2D eigenvalue weighted by Crippen LogP contribution is 2.49. The smallest absolute Gasteiger partial charge is 0.331 e. The number of benzene rings is 2. The van der Waals surface area contributed by atoms with E-state index in [0.717, 1.165) is 178 Å². The molecule has 3 atom stereocenters. The van der Waals surface area contributed by atoms with Crippen molar-refractivity contribution in [2.75, 3.05) is 13.2 Å². The fraction of sp³-hybridized carbons (Fsp3) is 0.723. The van der Waals surface area contributed by atoms with Crippen LogP contribution in [0.1, 0.15) is 339 Å². The third-order valence-electron chi connectivity index (χ3n) is 27.0. The predicted molar refractivity (Wildman–Crippen MR) is 413 cm³/mol. The van der Waals surface area contributed by atoms with Gasteiger partial charge in [0.05, 0.1) is 5.92 Å². The fourth-order valence-corrected chi connectivity index (χ4v) is 20.8. The van der Waals surface area contributed by atoms with Crippen LogP contribution in [0.3, 0.4) is 0 Å². The van der Waals surface area contributed by atoms with Gasteiger partial charge in [-0.1, -0.05) is 211 Å². The Bertz CT molecular complexity index is 3050. The number of rotatable bonds is 27. The molecule has 2 aromatic carbocycles. The van der Waals surface area contributed by atoms with E-state index in [-0.39, 0.29) is 24.0 Å². The van der Waals surface area contributed by atoms with Gasteiger partial charge >= 0.3 is 11.9 Å². The second kappa shape index (κ2) is 40.3. The van der Waals surface area contributed by atoms with Gasteiger partial charge < -0.3 is 18.9 Å². The minimum atomic E-state index is -0.765. The number of esters is 2. The maximum Gasteiger partial charge on any atom is 0.331 e. The van der Waals surface area contributed by atoms with Crippen LogP contribution in [-0.2, 0) is 28.5 Å². The molecular weight excluding hydrogens is 1230 g/mol. The second-order valence-corrected chi connectivity index (χ2v) is 33.7. The Morgan fingerprint density at radius 3 is 1.03 bits per heavy atom. The Morgan fingerprint density at radius 1 is 0.380 bits per heavy atom. The molecule has 100 heavy (non-hydrogen) atoms. The fourth-order valence-electron chi connectivity index (χ4n) is 20.8. The SMILES string of the molecule is C=CC(=O)OC1CCC(C2CCC(CCC)CC2)CC1C#Cc1ccc(C#CC2(OCCCCCCCCOC3(C#Cc4ccc(C#CC5(OC(=O)C=C)CCC(C6CCC(CCC)CC6)CC5)cc4)CCC(C4CCC(CCC)CC4)CC3)CCC(C3CCC(CCC)CC3)CC2)cc1. The number of hydrogen-bond acceptors (Lipinski definition) is 6. The van der Waals surface area contributed by atoms with Gasteiger partial charge in [-0.05, 0) is 286 Å². The molecule has 6 heteroatoms. The van der Waals surface area contributed by atoms with Gasteiger partial charge in [-0.25, -0.2) is 9.59 Å². The van der Waals surface area contributed by atoms with Crippen molar-refractivity contribution < 1.29 is 28.5 Å². The van der Waals surface area contributed by atoms with Gasteiger partial charge in [0, 0.05) is 47.6 Å². The summed E-state index contributed by atoms with van der Waals surface area (Å²) in [5.41, 5.74) is 2.35. The maximum atomic E-state index is 12.7.